The summed E-state index contributed by atoms with van der Waals surface area (Å²) in [6.07, 6.45) is 8.19. The quantitative estimate of drug-likeness (QED) is 0.820. The second-order valence-corrected chi connectivity index (χ2v) is 7.08. The molecule has 114 valence electrons. The molecule has 3 unspecified atom stereocenters. The number of likely N-dealkylation sites (tertiary alicyclic amines) is 1. The van der Waals surface area contributed by atoms with Crippen LogP contribution in [0.1, 0.15) is 44.9 Å². The molecule has 4 heteroatoms. The fraction of sp³-hybridized carbons (Fsp3) is 0.938. The zero-order chi connectivity index (χ0) is 14.1. The third kappa shape index (κ3) is 2.60. The van der Waals surface area contributed by atoms with E-state index in [4.69, 9.17) is 5.73 Å². The molecule has 0 aromatic heterocycles. The smallest absolute Gasteiger partial charge is 0.225 e. The summed E-state index contributed by atoms with van der Waals surface area (Å²) in [5.41, 5.74) is 6.34. The van der Waals surface area contributed by atoms with Gasteiger partial charge in [0, 0.05) is 31.1 Å². The van der Waals surface area contributed by atoms with Crippen LogP contribution in [0.2, 0.25) is 0 Å². The van der Waals surface area contributed by atoms with Crippen molar-refractivity contribution in [2.75, 3.05) is 20.1 Å². The van der Waals surface area contributed by atoms with E-state index in [-0.39, 0.29) is 5.92 Å². The molecule has 1 saturated heterocycles. The van der Waals surface area contributed by atoms with E-state index in [9.17, 15) is 4.79 Å². The van der Waals surface area contributed by atoms with E-state index in [1.165, 1.54) is 19.3 Å². The van der Waals surface area contributed by atoms with Crippen molar-refractivity contribution in [2.45, 2.75) is 57.0 Å². The molecule has 20 heavy (non-hydrogen) atoms. The van der Waals surface area contributed by atoms with Crippen molar-refractivity contribution in [3.8, 4) is 0 Å². The molecule has 2 saturated carbocycles. The third-order valence-corrected chi connectivity index (χ3v) is 5.86. The maximum Gasteiger partial charge on any atom is 0.225 e. The third-order valence-electron chi connectivity index (χ3n) is 5.86. The van der Waals surface area contributed by atoms with Gasteiger partial charge in [-0.05, 0) is 57.4 Å². The predicted octanol–water partition coefficient (Wildman–Crippen LogP) is 1.35. The molecule has 0 spiro atoms. The van der Waals surface area contributed by atoms with Gasteiger partial charge in [-0.2, -0.15) is 0 Å². The van der Waals surface area contributed by atoms with Gasteiger partial charge in [-0.25, -0.2) is 0 Å². The molecule has 0 aromatic rings. The lowest BCUT2D eigenvalue weighted by molar-refractivity contribution is -0.139. The Kier molecular flexibility index (Phi) is 4.32. The van der Waals surface area contributed by atoms with Gasteiger partial charge in [0.15, 0.2) is 0 Å². The fourth-order valence-electron chi connectivity index (χ4n) is 4.80. The van der Waals surface area contributed by atoms with Crippen molar-refractivity contribution in [1.82, 2.24) is 10.2 Å². The minimum absolute atomic E-state index is 0.252. The van der Waals surface area contributed by atoms with Gasteiger partial charge in [0.1, 0.15) is 0 Å². The van der Waals surface area contributed by atoms with Gasteiger partial charge in [0.05, 0.1) is 0 Å². The minimum Gasteiger partial charge on any atom is -0.338 e. The molecule has 3 rings (SSSR count). The summed E-state index contributed by atoms with van der Waals surface area (Å²) >= 11 is 0. The van der Waals surface area contributed by atoms with Crippen molar-refractivity contribution in [2.24, 2.45) is 23.5 Å². The Balaban J connectivity index is 1.65. The largest absolute Gasteiger partial charge is 0.338 e. The predicted molar refractivity (Wildman–Crippen MR) is 80.2 cm³/mol. The van der Waals surface area contributed by atoms with Crippen LogP contribution in [0.4, 0.5) is 0 Å². The Hall–Kier alpha value is -0.610. The number of carbonyl (C=O) groups is 1. The van der Waals surface area contributed by atoms with Crippen LogP contribution in [-0.4, -0.2) is 43.0 Å². The Bertz CT molecular complexity index is 346. The minimum atomic E-state index is 0.252. The summed E-state index contributed by atoms with van der Waals surface area (Å²) in [4.78, 5) is 15.0. The summed E-state index contributed by atoms with van der Waals surface area (Å²) in [7, 11) is 1.98. The highest BCUT2D eigenvalue weighted by molar-refractivity contribution is 5.79. The number of carbonyl (C=O) groups excluding carboxylic acids is 1. The van der Waals surface area contributed by atoms with Crippen LogP contribution in [0.5, 0.6) is 0 Å². The highest BCUT2D eigenvalue weighted by atomic mass is 16.2. The van der Waals surface area contributed by atoms with Gasteiger partial charge in [0.25, 0.3) is 0 Å². The second-order valence-electron chi connectivity index (χ2n) is 7.08. The summed E-state index contributed by atoms with van der Waals surface area (Å²) in [6, 6.07) is 0.780. The SMILES string of the molecule is CNCC1CCCN1C(=O)C1CC2CCCC(C1)C2N. The van der Waals surface area contributed by atoms with Crippen LogP contribution in [0.25, 0.3) is 0 Å². The van der Waals surface area contributed by atoms with E-state index in [2.05, 4.69) is 10.2 Å². The first-order chi connectivity index (χ1) is 9.70. The molecule has 0 aromatic carbocycles. The van der Waals surface area contributed by atoms with Crippen LogP contribution in [0, 0.1) is 17.8 Å². The van der Waals surface area contributed by atoms with Crippen LogP contribution in [-0.2, 0) is 4.79 Å². The van der Waals surface area contributed by atoms with Crippen LogP contribution in [0.15, 0.2) is 0 Å². The lowest BCUT2D eigenvalue weighted by atomic mass is 9.65. The highest BCUT2D eigenvalue weighted by Gasteiger charge is 2.43. The van der Waals surface area contributed by atoms with Gasteiger partial charge in [-0.15, -0.1) is 0 Å². The number of hydrogen-bond acceptors (Lipinski definition) is 3. The number of likely N-dealkylation sites (N-methyl/N-ethyl adjacent to an activating group) is 1. The number of hydrogen-bond donors (Lipinski definition) is 2. The first-order valence-electron chi connectivity index (χ1n) is 8.41. The molecule has 2 aliphatic carbocycles. The number of nitrogens with two attached hydrogens (primary N) is 1. The van der Waals surface area contributed by atoms with Crippen LogP contribution >= 0.6 is 0 Å². The zero-order valence-corrected chi connectivity index (χ0v) is 12.7. The van der Waals surface area contributed by atoms with E-state index < -0.39 is 0 Å². The average Bonchev–Trinajstić information content (AvgIpc) is 2.86. The maximum atomic E-state index is 12.9. The number of amides is 1. The summed E-state index contributed by atoms with van der Waals surface area (Å²) < 4.78 is 0. The molecule has 3 aliphatic rings. The normalized spacial score (nSPS) is 40.9. The van der Waals surface area contributed by atoms with Crippen molar-refractivity contribution >= 4 is 5.91 Å². The van der Waals surface area contributed by atoms with Crippen molar-refractivity contribution < 1.29 is 4.79 Å². The van der Waals surface area contributed by atoms with Crippen LogP contribution < -0.4 is 11.1 Å². The fourth-order valence-corrected chi connectivity index (χ4v) is 4.80. The van der Waals surface area contributed by atoms with Gasteiger partial charge in [-0.1, -0.05) is 6.42 Å². The first kappa shape index (κ1) is 14.3. The van der Waals surface area contributed by atoms with Crippen molar-refractivity contribution in [3.05, 3.63) is 0 Å². The lowest BCUT2D eigenvalue weighted by Crippen LogP contribution is -2.51. The van der Waals surface area contributed by atoms with Gasteiger partial charge in [-0.3, -0.25) is 4.79 Å². The topological polar surface area (TPSA) is 58.4 Å². The number of nitrogens with one attached hydrogen (secondary N) is 1. The summed E-state index contributed by atoms with van der Waals surface area (Å²) in [5, 5.41) is 3.23. The molecule has 2 bridgehead atoms. The Morgan fingerprint density at radius 3 is 2.55 bits per heavy atom. The average molecular weight is 279 g/mol. The highest BCUT2D eigenvalue weighted by Crippen LogP contribution is 2.42. The lowest BCUT2D eigenvalue weighted by Gasteiger charge is -2.44. The number of rotatable bonds is 3. The Labute approximate surface area is 122 Å². The molecular formula is C16H29N3O. The molecule has 1 amide bonds. The molecule has 1 heterocycles. The van der Waals surface area contributed by atoms with Gasteiger partial charge >= 0.3 is 0 Å². The molecule has 3 fully saturated rings. The van der Waals surface area contributed by atoms with E-state index in [0.29, 0.717) is 29.8 Å². The standard InChI is InChI=1S/C16H29N3O/c1-18-10-14-6-3-7-19(14)16(20)13-8-11-4-2-5-12(9-13)15(11)17/h11-15,18H,2-10,17H2,1H3. The van der Waals surface area contributed by atoms with E-state index in [1.807, 2.05) is 7.05 Å². The monoisotopic (exact) mass is 279 g/mol. The summed E-state index contributed by atoms with van der Waals surface area (Å²) in [5.74, 6) is 1.87. The first-order valence-corrected chi connectivity index (χ1v) is 8.41. The van der Waals surface area contributed by atoms with E-state index in [1.54, 1.807) is 0 Å². The summed E-state index contributed by atoms with van der Waals surface area (Å²) in [6.45, 7) is 1.90. The number of nitrogens with zero attached hydrogens (tertiary/aromatic N) is 1. The molecular weight excluding hydrogens is 250 g/mol. The Morgan fingerprint density at radius 2 is 1.90 bits per heavy atom. The molecule has 1 aliphatic heterocycles. The molecule has 0 radical (unpaired) electrons. The zero-order valence-electron chi connectivity index (χ0n) is 12.7. The van der Waals surface area contributed by atoms with Crippen LogP contribution in [0.3, 0.4) is 0 Å². The number of fused-ring (bicyclic) bond motifs is 2. The van der Waals surface area contributed by atoms with E-state index >= 15 is 0 Å². The van der Waals surface area contributed by atoms with Crippen molar-refractivity contribution in [1.29, 1.82) is 0 Å². The van der Waals surface area contributed by atoms with Gasteiger partial charge < -0.3 is 16.0 Å². The molecule has 4 nitrogen and oxygen atoms in total. The molecule has 3 atom stereocenters. The maximum absolute atomic E-state index is 12.9. The van der Waals surface area contributed by atoms with Gasteiger partial charge in [0.2, 0.25) is 5.91 Å². The van der Waals surface area contributed by atoms with E-state index in [0.717, 1.165) is 38.8 Å². The second kappa shape index (κ2) is 6.02. The van der Waals surface area contributed by atoms with Crippen molar-refractivity contribution in [3.63, 3.8) is 0 Å². The molecule has 3 N–H and O–H groups in total. The Morgan fingerprint density at radius 1 is 1.20 bits per heavy atom.